The van der Waals surface area contributed by atoms with Gasteiger partial charge in [-0.3, -0.25) is 9.59 Å². The summed E-state index contributed by atoms with van der Waals surface area (Å²) < 4.78 is 0. The number of hydrogen-bond acceptors (Lipinski definition) is 4. The minimum Gasteiger partial charge on any atom is -0.480 e. The average molecular weight is 304 g/mol. The van der Waals surface area contributed by atoms with E-state index in [0.29, 0.717) is 0 Å². The minimum atomic E-state index is -1.29. The first-order valence-corrected chi connectivity index (χ1v) is 3.32. The van der Waals surface area contributed by atoms with Crippen molar-refractivity contribution in [3.05, 3.63) is 0 Å². The predicted molar refractivity (Wildman–Crippen MR) is 46.6 cm³/mol. The molecule has 0 aliphatic rings. The maximum Gasteiger partial charge on any atom is 0.318 e. The number of rotatable bonds is 3. The second-order valence-corrected chi connectivity index (χ2v) is 2.68. The molecule has 0 aromatic rings. The number of carbonyl (C=O) groups is 2. The summed E-state index contributed by atoms with van der Waals surface area (Å²) in [7, 11) is 0. The van der Waals surface area contributed by atoms with Gasteiger partial charge in [-0.25, -0.2) is 0 Å². The van der Waals surface area contributed by atoms with Gasteiger partial charge in [0.25, 0.3) is 0 Å². The van der Waals surface area contributed by atoms with Crippen LogP contribution in [0.5, 0.6) is 0 Å². The second-order valence-electron chi connectivity index (χ2n) is 1.57. The first-order chi connectivity index (χ1) is 4.46. The molecule has 0 amide bonds. The smallest absolute Gasteiger partial charge is 0.318 e. The van der Waals surface area contributed by atoms with Gasteiger partial charge in [0.2, 0.25) is 0 Å². The van der Waals surface area contributed by atoms with Crippen molar-refractivity contribution < 1.29 is 19.8 Å². The molecule has 0 saturated carbocycles. The largest absolute Gasteiger partial charge is 0.480 e. The Kier molecular flexibility index (Phi) is 7.68. The van der Waals surface area contributed by atoms with Crippen LogP contribution in [0.2, 0.25) is 0 Å². The van der Waals surface area contributed by atoms with Crippen molar-refractivity contribution in [2.75, 3.05) is 0 Å². The molecule has 0 heterocycles. The summed E-state index contributed by atoms with van der Waals surface area (Å²) in [5.41, 5.74) is 0. The Morgan fingerprint density at radius 1 is 1.00 bits per heavy atom. The molecular weight excluding hydrogens is 298 g/mol. The van der Waals surface area contributed by atoms with E-state index in [4.69, 9.17) is 10.2 Å². The molecule has 0 bridgehead atoms. The number of carboxylic acid groups (broad SMARTS) is 2. The molecule has 0 rings (SSSR count). The van der Waals surface area contributed by atoms with Crippen LogP contribution in [-0.4, -0.2) is 57.1 Å². The Labute approximate surface area is 91.6 Å². The molecule has 0 aromatic carbocycles. The van der Waals surface area contributed by atoms with Crippen molar-refractivity contribution in [1.82, 2.24) is 0 Å². The van der Waals surface area contributed by atoms with Gasteiger partial charge >= 0.3 is 11.9 Å². The quantitative estimate of drug-likeness (QED) is 0.414. The molecular formula is C4H6O4S2Sb. The fourth-order valence-corrected chi connectivity index (χ4v) is 0.525. The van der Waals surface area contributed by atoms with Gasteiger partial charge in [0.15, 0.2) is 0 Å². The van der Waals surface area contributed by atoms with Crippen molar-refractivity contribution in [2.45, 2.75) is 10.5 Å². The third-order valence-electron chi connectivity index (χ3n) is 0.805. The summed E-state index contributed by atoms with van der Waals surface area (Å²) in [6.07, 6.45) is 0. The third-order valence-corrected chi connectivity index (χ3v) is 2.08. The molecule has 7 heteroatoms. The van der Waals surface area contributed by atoms with Gasteiger partial charge in [0, 0.05) is 24.4 Å². The van der Waals surface area contributed by atoms with Gasteiger partial charge in [0.05, 0.1) is 0 Å². The van der Waals surface area contributed by atoms with Crippen LogP contribution in [0, 0.1) is 0 Å². The molecule has 0 fully saturated rings. The standard InChI is InChI=1S/C4H6O4S2.Sb/c5-3(6)1(9)2(10)4(7)8;/h1-2,9-10H,(H,5,6)(H,7,8);. The van der Waals surface area contributed by atoms with E-state index in [2.05, 4.69) is 25.3 Å². The Balaban J connectivity index is 0. The first-order valence-electron chi connectivity index (χ1n) is 2.28. The van der Waals surface area contributed by atoms with Crippen molar-refractivity contribution >= 4 is 61.6 Å². The van der Waals surface area contributed by atoms with Crippen LogP contribution < -0.4 is 0 Å². The summed E-state index contributed by atoms with van der Waals surface area (Å²) in [5, 5.41) is 13.9. The van der Waals surface area contributed by atoms with Crippen LogP contribution in [0.3, 0.4) is 0 Å². The van der Waals surface area contributed by atoms with Crippen LogP contribution in [-0.2, 0) is 9.59 Å². The maximum atomic E-state index is 10.1. The van der Waals surface area contributed by atoms with Gasteiger partial charge in [-0.1, -0.05) is 0 Å². The van der Waals surface area contributed by atoms with Crippen molar-refractivity contribution in [3.63, 3.8) is 0 Å². The predicted octanol–water partition coefficient (Wildman–Crippen LogP) is -0.628. The van der Waals surface area contributed by atoms with E-state index < -0.39 is 22.4 Å². The summed E-state index contributed by atoms with van der Waals surface area (Å²) >= 11 is 7.00. The van der Waals surface area contributed by atoms with E-state index in [1.54, 1.807) is 0 Å². The van der Waals surface area contributed by atoms with Gasteiger partial charge in [-0.15, -0.1) is 0 Å². The van der Waals surface area contributed by atoms with Gasteiger partial charge in [-0.05, 0) is 0 Å². The van der Waals surface area contributed by atoms with Crippen LogP contribution in [0.25, 0.3) is 0 Å². The Morgan fingerprint density at radius 3 is 1.27 bits per heavy atom. The van der Waals surface area contributed by atoms with Crippen molar-refractivity contribution in [1.29, 1.82) is 0 Å². The summed E-state index contributed by atoms with van der Waals surface area (Å²) in [5.74, 6) is -2.57. The first kappa shape index (κ1) is 14.0. The Bertz CT molecular complexity index is 144. The number of thiol groups is 2. The second kappa shape index (κ2) is 6.03. The summed E-state index contributed by atoms with van der Waals surface area (Å²) in [4.78, 5) is 20.1. The van der Waals surface area contributed by atoms with Crippen molar-refractivity contribution in [2.24, 2.45) is 0 Å². The van der Waals surface area contributed by atoms with E-state index in [1.165, 1.54) is 0 Å². The molecule has 2 N–H and O–H groups in total. The van der Waals surface area contributed by atoms with Crippen molar-refractivity contribution in [3.8, 4) is 0 Å². The maximum absolute atomic E-state index is 10.1. The third kappa shape index (κ3) is 4.82. The zero-order chi connectivity index (χ0) is 8.31. The molecule has 3 radical (unpaired) electrons. The van der Waals surface area contributed by atoms with Crippen LogP contribution in [0.1, 0.15) is 0 Å². The van der Waals surface area contributed by atoms with Gasteiger partial charge in [0.1, 0.15) is 10.5 Å². The fourth-order valence-electron chi connectivity index (χ4n) is 0.270. The molecule has 0 aliphatic heterocycles. The average Bonchev–Trinajstić information content (AvgIpc) is 1.84. The molecule has 0 saturated heterocycles. The molecule has 0 aliphatic carbocycles. The number of hydrogen-bond donors (Lipinski definition) is 4. The van der Waals surface area contributed by atoms with E-state index in [-0.39, 0.29) is 24.4 Å². The summed E-state index contributed by atoms with van der Waals surface area (Å²) in [6.45, 7) is 0. The fraction of sp³-hybridized carbons (Fsp3) is 0.500. The Hall–Kier alpha value is 0.458. The molecule has 11 heavy (non-hydrogen) atoms. The van der Waals surface area contributed by atoms with Gasteiger partial charge in [-0.2, -0.15) is 25.3 Å². The number of carboxylic acids is 2. The molecule has 2 atom stereocenters. The van der Waals surface area contributed by atoms with Crippen LogP contribution in [0.15, 0.2) is 0 Å². The Morgan fingerprint density at radius 2 is 1.18 bits per heavy atom. The van der Waals surface area contributed by atoms with E-state index in [9.17, 15) is 9.59 Å². The topological polar surface area (TPSA) is 74.6 Å². The number of aliphatic carboxylic acids is 2. The molecule has 0 spiro atoms. The molecule has 4 nitrogen and oxygen atoms in total. The van der Waals surface area contributed by atoms with E-state index in [1.807, 2.05) is 0 Å². The summed E-state index contributed by atoms with van der Waals surface area (Å²) in [6, 6.07) is 0. The monoisotopic (exact) mass is 303 g/mol. The molecule has 63 valence electrons. The zero-order valence-corrected chi connectivity index (χ0v) is 9.55. The minimum absolute atomic E-state index is 0. The normalized spacial score (nSPS) is 14.4. The molecule has 0 aromatic heterocycles. The van der Waals surface area contributed by atoms with Crippen LogP contribution in [0.4, 0.5) is 0 Å². The van der Waals surface area contributed by atoms with Crippen LogP contribution >= 0.6 is 25.3 Å². The van der Waals surface area contributed by atoms with E-state index in [0.717, 1.165) is 0 Å². The molecule has 2 unspecified atom stereocenters. The van der Waals surface area contributed by atoms with E-state index >= 15 is 0 Å². The zero-order valence-electron chi connectivity index (χ0n) is 5.21. The SMILES string of the molecule is O=C(O)C(S)C(S)C(=O)O.[Sb]. The van der Waals surface area contributed by atoms with Gasteiger partial charge < -0.3 is 10.2 Å².